The first-order valence-electron chi connectivity index (χ1n) is 11.6. The molecule has 2 aromatic carbocycles. The van der Waals surface area contributed by atoms with E-state index in [2.05, 4.69) is 39.7 Å². The van der Waals surface area contributed by atoms with Gasteiger partial charge in [0.05, 0.1) is 37.7 Å². The molecule has 0 unspecified atom stereocenters. The zero-order valence-electron chi connectivity index (χ0n) is 20.5. The minimum atomic E-state index is -0.165. The van der Waals surface area contributed by atoms with Gasteiger partial charge in [0.25, 0.3) is 0 Å². The van der Waals surface area contributed by atoms with E-state index < -0.39 is 0 Å². The van der Waals surface area contributed by atoms with E-state index in [-0.39, 0.29) is 12.1 Å². The summed E-state index contributed by atoms with van der Waals surface area (Å²) in [4.78, 5) is 6.80. The van der Waals surface area contributed by atoms with Crippen LogP contribution in [0.4, 0.5) is 5.69 Å². The molecule has 184 valence electrons. The number of rotatable bonds is 6. The standard InChI is InChI=1S/C28H27ClN4O2S/c1-17-15-22(18(2)32(17)20-10-8-19(29)9-11-20)27-26(23-7-5-6-14-30-23)31-28(36)33(27)24-13-12-21(34-3)16-25(24)35-4/h5-16,26-27H,1-4H3,(H,31,36)/t26-,27-/m1/s1. The average molecular weight is 519 g/mol. The van der Waals surface area contributed by atoms with Gasteiger partial charge in [0, 0.05) is 34.4 Å². The van der Waals surface area contributed by atoms with E-state index >= 15 is 0 Å². The molecule has 6 nitrogen and oxygen atoms in total. The highest BCUT2D eigenvalue weighted by atomic mass is 35.5. The molecular weight excluding hydrogens is 492 g/mol. The lowest BCUT2D eigenvalue weighted by molar-refractivity contribution is 0.394. The molecule has 1 saturated heterocycles. The van der Waals surface area contributed by atoms with Crippen LogP contribution >= 0.6 is 23.8 Å². The largest absolute Gasteiger partial charge is 0.497 e. The number of aromatic nitrogens is 2. The maximum absolute atomic E-state index is 6.16. The van der Waals surface area contributed by atoms with Gasteiger partial charge in [0.1, 0.15) is 11.5 Å². The SMILES string of the molecule is COc1ccc(N2C(=S)N[C@H](c3ccccn3)[C@H]2c2cc(C)n(-c3ccc(Cl)cc3)c2C)c(OC)c1. The number of benzene rings is 2. The Morgan fingerprint density at radius 3 is 2.42 bits per heavy atom. The number of nitrogens with zero attached hydrogens (tertiary/aromatic N) is 3. The van der Waals surface area contributed by atoms with Crippen molar-refractivity contribution >= 4 is 34.6 Å². The first-order valence-corrected chi connectivity index (χ1v) is 12.4. The lowest BCUT2D eigenvalue weighted by Gasteiger charge is -2.29. The summed E-state index contributed by atoms with van der Waals surface area (Å²) in [5.74, 6) is 1.39. The zero-order chi connectivity index (χ0) is 25.4. The van der Waals surface area contributed by atoms with Crippen molar-refractivity contribution in [2.24, 2.45) is 0 Å². The second-order valence-electron chi connectivity index (χ2n) is 8.67. The third-order valence-corrected chi connectivity index (χ3v) is 7.18. The fourth-order valence-corrected chi connectivity index (χ4v) is 5.45. The Hall–Kier alpha value is -3.55. The Bertz CT molecular complexity index is 1410. The normalized spacial score (nSPS) is 17.2. The number of thiocarbonyl (C=S) groups is 1. The van der Waals surface area contributed by atoms with Crippen molar-refractivity contribution in [3.05, 3.63) is 101 Å². The van der Waals surface area contributed by atoms with Crippen molar-refractivity contribution in [1.82, 2.24) is 14.9 Å². The minimum Gasteiger partial charge on any atom is -0.497 e. The third-order valence-electron chi connectivity index (χ3n) is 6.62. The highest BCUT2D eigenvalue weighted by Crippen LogP contribution is 2.46. The number of aryl methyl sites for hydroxylation is 1. The molecule has 2 aromatic heterocycles. The highest BCUT2D eigenvalue weighted by Gasteiger charge is 2.43. The summed E-state index contributed by atoms with van der Waals surface area (Å²) >= 11 is 12.1. The highest BCUT2D eigenvalue weighted by molar-refractivity contribution is 7.80. The molecule has 3 heterocycles. The van der Waals surface area contributed by atoms with E-state index in [1.807, 2.05) is 66.9 Å². The molecule has 1 fully saturated rings. The summed E-state index contributed by atoms with van der Waals surface area (Å²) in [5.41, 5.74) is 6.20. The smallest absolute Gasteiger partial charge is 0.174 e. The van der Waals surface area contributed by atoms with Crippen LogP contribution in [0.15, 0.2) is 72.9 Å². The second kappa shape index (κ2) is 9.84. The summed E-state index contributed by atoms with van der Waals surface area (Å²) < 4.78 is 13.4. The van der Waals surface area contributed by atoms with Crippen molar-refractivity contribution in [2.45, 2.75) is 25.9 Å². The van der Waals surface area contributed by atoms with E-state index in [4.69, 9.17) is 33.3 Å². The summed E-state index contributed by atoms with van der Waals surface area (Å²) in [6, 6.07) is 21.5. The van der Waals surface area contributed by atoms with Crippen LogP contribution in [-0.2, 0) is 0 Å². The van der Waals surface area contributed by atoms with Crippen LogP contribution in [0.3, 0.4) is 0 Å². The Labute approximate surface area is 221 Å². The van der Waals surface area contributed by atoms with E-state index in [1.165, 1.54) is 0 Å². The third kappa shape index (κ3) is 4.18. The Morgan fingerprint density at radius 2 is 1.75 bits per heavy atom. The molecule has 0 bridgehead atoms. The van der Waals surface area contributed by atoms with Crippen LogP contribution in [0.1, 0.15) is 34.7 Å². The van der Waals surface area contributed by atoms with Crippen molar-refractivity contribution in [1.29, 1.82) is 0 Å². The Kier molecular flexibility index (Phi) is 6.60. The van der Waals surface area contributed by atoms with Crippen molar-refractivity contribution in [2.75, 3.05) is 19.1 Å². The summed E-state index contributed by atoms with van der Waals surface area (Å²) in [5, 5.41) is 4.85. The van der Waals surface area contributed by atoms with E-state index in [0.29, 0.717) is 21.6 Å². The number of methoxy groups -OCH3 is 2. The molecule has 1 N–H and O–H groups in total. The van der Waals surface area contributed by atoms with E-state index in [0.717, 1.165) is 34.0 Å². The predicted octanol–water partition coefficient (Wildman–Crippen LogP) is 6.34. The lowest BCUT2D eigenvalue weighted by Crippen LogP contribution is -2.30. The maximum atomic E-state index is 6.16. The fourth-order valence-electron chi connectivity index (χ4n) is 4.99. The van der Waals surface area contributed by atoms with Gasteiger partial charge in [-0.15, -0.1) is 0 Å². The molecule has 0 amide bonds. The molecule has 0 radical (unpaired) electrons. The molecule has 4 aromatic rings. The molecule has 0 saturated carbocycles. The maximum Gasteiger partial charge on any atom is 0.174 e. The Morgan fingerprint density at radius 1 is 0.972 bits per heavy atom. The van der Waals surface area contributed by atoms with Gasteiger partial charge in [-0.05, 0) is 86.2 Å². The average Bonchev–Trinajstić information content (AvgIpc) is 3.39. The van der Waals surface area contributed by atoms with Crippen LogP contribution in [0.5, 0.6) is 11.5 Å². The first-order chi connectivity index (χ1) is 17.4. The van der Waals surface area contributed by atoms with Gasteiger partial charge in [0.2, 0.25) is 0 Å². The fraction of sp³-hybridized carbons (Fsp3) is 0.214. The minimum absolute atomic E-state index is 0.162. The molecule has 2 atom stereocenters. The van der Waals surface area contributed by atoms with E-state index in [9.17, 15) is 0 Å². The van der Waals surface area contributed by atoms with E-state index in [1.54, 1.807) is 14.2 Å². The summed E-state index contributed by atoms with van der Waals surface area (Å²) in [7, 11) is 3.30. The molecule has 0 spiro atoms. The van der Waals surface area contributed by atoms with Gasteiger partial charge in [-0.3, -0.25) is 4.98 Å². The van der Waals surface area contributed by atoms with Crippen LogP contribution in [0.25, 0.3) is 5.69 Å². The molecule has 36 heavy (non-hydrogen) atoms. The van der Waals surface area contributed by atoms with Gasteiger partial charge >= 0.3 is 0 Å². The van der Waals surface area contributed by atoms with Crippen LogP contribution in [-0.4, -0.2) is 28.9 Å². The number of anilines is 1. The van der Waals surface area contributed by atoms with Crippen LogP contribution < -0.4 is 19.7 Å². The van der Waals surface area contributed by atoms with Gasteiger partial charge in [0.15, 0.2) is 5.11 Å². The molecular formula is C28H27ClN4O2S. The number of hydrogen-bond acceptors (Lipinski definition) is 4. The molecule has 1 aliphatic rings. The van der Waals surface area contributed by atoms with Gasteiger partial charge in [-0.2, -0.15) is 0 Å². The predicted molar refractivity (Wildman–Crippen MR) is 148 cm³/mol. The molecule has 0 aliphatic carbocycles. The van der Waals surface area contributed by atoms with Gasteiger partial charge in [-0.1, -0.05) is 17.7 Å². The number of nitrogens with one attached hydrogen (secondary N) is 1. The van der Waals surface area contributed by atoms with Crippen molar-refractivity contribution < 1.29 is 9.47 Å². The molecule has 1 aliphatic heterocycles. The number of halogens is 1. The number of pyridine rings is 1. The number of ether oxygens (including phenoxy) is 2. The monoisotopic (exact) mass is 518 g/mol. The topological polar surface area (TPSA) is 51.5 Å². The first kappa shape index (κ1) is 24.2. The number of hydrogen-bond donors (Lipinski definition) is 1. The van der Waals surface area contributed by atoms with Crippen molar-refractivity contribution in [3.8, 4) is 17.2 Å². The van der Waals surface area contributed by atoms with Gasteiger partial charge in [-0.25, -0.2) is 0 Å². The lowest BCUT2D eigenvalue weighted by atomic mass is 9.96. The molecule has 8 heteroatoms. The zero-order valence-corrected chi connectivity index (χ0v) is 22.1. The second-order valence-corrected chi connectivity index (χ2v) is 9.50. The Balaban J connectivity index is 1.69. The van der Waals surface area contributed by atoms with Crippen molar-refractivity contribution in [3.63, 3.8) is 0 Å². The van der Waals surface area contributed by atoms with Crippen LogP contribution in [0.2, 0.25) is 5.02 Å². The molecule has 5 rings (SSSR count). The quantitative estimate of drug-likeness (QED) is 0.301. The van der Waals surface area contributed by atoms with Gasteiger partial charge < -0.3 is 24.3 Å². The summed E-state index contributed by atoms with van der Waals surface area (Å²) in [6.07, 6.45) is 1.81. The van der Waals surface area contributed by atoms with Crippen LogP contribution in [0, 0.1) is 13.8 Å². The summed E-state index contributed by atoms with van der Waals surface area (Å²) in [6.45, 7) is 4.25.